The Labute approximate surface area is 111 Å². The van der Waals surface area contributed by atoms with Crippen LogP contribution in [0.15, 0.2) is 18.2 Å². The second-order valence-electron chi connectivity index (χ2n) is 5.60. The average Bonchev–Trinajstić information content (AvgIpc) is 2.38. The van der Waals surface area contributed by atoms with Gasteiger partial charge in [-0.2, -0.15) is 10.5 Å². The third kappa shape index (κ3) is 2.74. The highest BCUT2D eigenvalue weighted by atomic mass is 14.4. The first kappa shape index (κ1) is 14.3. The van der Waals surface area contributed by atoms with Gasteiger partial charge in [0.05, 0.1) is 30.8 Å². The summed E-state index contributed by atoms with van der Waals surface area (Å²) in [6.07, 6.45) is 0.407. The van der Waals surface area contributed by atoms with Gasteiger partial charge in [-0.05, 0) is 38.8 Å². The normalized spacial score (nSPS) is 11.7. The lowest BCUT2D eigenvalue weighted by Gasteiger charge is -2.23. The number of hydrogen-bond donors (Lipinski definition) is 0. The van der Waals surface area contributed by atoms with Gasteiger partial charge >= 0.3 is 0 Å². The summed E-state index contributed by atoms with van der Waals surface area (Å²) in [4.78, 5) is 0. The van der Waals surface area contributed by atoms with Crippen molar-refractivity contribution in [1.29, 1.82) is 10.5 Å². The van der Waals surface area contributed by atoms with Gasteiger partial charge in [0.25, 0.3) is 0 Å². The molecule has 1 rings (SSSR count). The van der Waals surface area contributed by atoms with Gasteiger partial charge in [0.15, 0.2) is 0 Å². The molecule has 0 aromatic heterocycles. The molecule has 2 radical (unpaired) electrons. The van der Waals surface area contributed by atoms with Crippen LogP contribution in [0.2, 0.25) is 0 Å². The Kier molecular flexibility index (Phi) is 3.87. The maximum atomic E-state index is 9.22. The van der Waals surface area contributed by atoms with E-state index in [1.807, 2.05) is 45.9 Å². The Hall–Kier alpha value is -1.74. The average molecular weight is 236 g/mol. The molecule has 0 spiro atoms. The highest BCUT2D eigenvalue weighted by Crippen LogP contribution is 2.30. The van der Waals surface area contributed by atoms with E-state index in [0.717, 1.165) is 16.7 Å². The molecule has 0 saturated carbocycles. The van der Waals surface area contributed by atoms with Crippen LogP contribution < -0.4 is 0 Å². The Morgan fingerprint density at radius 1 is 0.944 bits per heavy atom. The third-order valence-corrected chi connectivity index (χ3v) is 3.23. The molecule has 0 unspecified atom stereocenters. The zero-order chi connectivity index (χ0) is 14.0. The molecule has 0 atom stereocenters. The summed E-state index contributed by atoms with van der Waals surface area (Å²) in [5.74, 6) is 0. The number of nitrogens with zero attached hydrogens (tertiary/aromatic N) is 2. The smallest absolute Gasteiger partial charge is 0.0766 e. The predicted molar refractivity (Wildman–Crippen MR) is 73.2 cm³/mol. The summed E-state index contributed by atoms with van der Waals surface area (Å²) in [7, 11) is 5.69. The lowest BCUT2D eigenvalue weighted by atomic mass is 9.78. The van der Waals surface area contributed by atoms with Gasteiger partial charge in [-0.25, -0.2) is 0 Å². The molecule has 0 N–H and O–H groups in total. The molecule has 0 heterocycles. The van der Waals surface area contributed by atoms with Gasteiger partial charge in [0.1, 0.15) is 0 Å². The summed E-state index contributed by atoms with van der Waals surface area (Å²) in [6, 6.07) is 10.4. The van der Waals surface area contributed by atoms with Gasteiger partial charge in [0, 0.05) is 0 Å². The standard InChI is InChI=1S/C15H17BN2/c1-14(2,9-17)12-5-11(8-16)6-13(7-12)15(3,4)10-18/h5-7H,8H2,1-4H3. The van der Waals surface area contributed by atoms with Crippen LogP contribution in [0.4, 0.5) is 0 Å². The topological polar surface area (TPSA) is 47.6 Å². The van der Waals surface area contributed by atoms with Crippen molar-refractivity contribution in [3.63, 3.8) is 0 Å². The van der Waals surface area contributed by atoms with Crippen molar-refractivity contribution in [3.8, 4) is 12.1 Å². The number of rotatable bonds is 3. The zero-order valence-corrected chi connectivity index (χ0v) is 11.4. The fraction of sp³-hybridized carbons (Fsp3) is 0.467. The molecule has 1 aromatic rings. The first-order valence-electron chi connectivity index (χ1n) is 5.94. The summed E-state index contributed by atoms with van der Waals surface area (Å²) >= 11 is 0. The SMILES string of the molecule is [B]Cc1cc(C(C)(C)C#N)cc(C(C)(C)C#N)c1. The van der Waals surface area contributed by atoms with Gasteiger partial charge < -0.3 is 0 Å². The van der Waals surface area contributed by atoms with Gasteiger partial charge in [-0.1, -0.05) is 30.1 Å². The van der Waals surface area contributed by atoms with E-state index in [2.05, 4.69) is 12.1 Å². The largest absolute Gasteiger partial charge is 0.197 e. The molecule has 0 bridgehead atoms. The Morgan fingerprint density at radius 3 is 1.61 bits per heavy atom. The van der Waals surface area contributed by atoms with E-state index in [4.69, 9.17) is 7.85 Å². The first-order chi connectivity index (χ1) is 8.26. The second kappa shape index (κ2) is 4.87. The van der Waals surface area contributed by atoms with Crippen molar-refractivity contribution in [2.45, 2.75) is 44.8 Å². The van der Waals surface area contributed by atoms with E-state index >= 15 is 0 Å². The molecule has 18 heavy (non-hydrogen) atoms. The van der Waals surface area contributed by atoms with Gasteiger partial charge in [-0.15, -0.1) is 0 Å². The van der Waals surface area contributed by atoms with Gasteiger partial charge in [0.2, 0.25) is 0 Å². The summed E-state index contributed by atoms with van der Waals surface area (Å²) < 4.78 is 0. The number of nitriles is 2. The van der Waals surface area contributed by atoms with E-state index in [1.54, 1.807) is 0 Å². The van der Waals surface area contributed by atoms with Crippen LogP contribution in [0.5, 0.6) is 0 Å². The summed E-state index contributed by atoms with van der Waals surface area (Å²) in [6.45, 7) is 7.47. The number of hydrogen-bond acceptors (Lipinski definition) is 2. The molecule has 0 fully saturated rings. The minimum absolute atomic E-state index is 0.407. The minimum Gasteiger partial charge on any atom is -0.197 e. The Balaban J connectivity index is 3.47. The molecule has 0 saturated heterocycles. The molecule has 90 valence electrons. The Morgan fingerprint density at radius 2 is 1.33 bits per heavy atom. The molecule has 0 aliphatic heterocycles. The summed E-state index contributed by atoms with van der Waals surface area (Å²) in [5, 5.41) is 18.4. The van der Waals surface area contributed by atoms with Crippen LogP contribution in [0.25, 0.3) is 0 Å². The number of benzene rings is 1. The highest BCUT2D eigenvalue weighted by molar-refractivity contribution is 6.08. The monoisotopic (exact) mass is 236 g/mol. The molecular weight excluding hydrogens is 219 g/mol. The highest BCUT2D eigenvalue weighted by Gasteiger charge is 2.25. The lowest BCUT2D eigenvalue weighted by Crippen LogP contribution is -2.19. The molecule has 0 amide bonds. The van der Waals surface area contributed by atoms with Crippen molar-refractivity contribution in [3.05, 3.63) is 34.9 Å². The van der Waals surface area contributed by atoms with Crippen LogP contribution in [0.1, 0.15) is 44.4 Å². The van der Waals surface area contributed by atoms with Crippen molar-refractivity contribution in [2.24, 2.45) is 0 Å². The predicted octanol–water partition coefficient (Wildman–Crippen LogP) is 2.96. The maximum absolute atomic E-state index is 9.22. The second-order valence-corrected chi connectivity index (χ2v) is 5.60. The third-order valence-electron chi connectivity index (χ3n) is 3.23. The minimum atomic E-state index is -0.578. The molecule has 0 aliphatic rings. The van der Waals surface area contributed by atoms with E-state index in [9.17, 15) is 10.5 Å². The fourth-order valence-corrected chi connectivity index (χ4v) is 1.66. The zero-order valence-electron chi connectivity index (χ0n) is 11.4. The van der Waals surface area contributed by atoms with Crippen molar-refractivity contribution in [1.82, 2.24) is 0 Å². The van der Waals surface area contributed by atoms with E-state index in [-0.39, 0.29) is 0 Å². The van der Waals surface area contributed by atoms with Gasteiger partial charge in [-0.3, -0.25) is 0 Å². The molecule has 0 aliphatic carbocycles. The molecule has 3 heteroatoms. The molecule has 1 aromatic carbocycles. The fourth-order valence-electron chi connectivity index (χ4n) is 1.66. The Bertz CT molecular complexity index is 486. The van der Waals surface area contributed by atoms with E-state index in [0.29, 0.717) is 6.32 Å². The summed E-state index contributed by atoms with van der Waals surface area (Å²) in [5.41, 5.74) is 1.61. The van der Waals surface area contributed by atoms with E-state index < -0.39 is 10.8 Å². The van der Waals surface area contributed by atoms with Crippen LogP contribution in [0.3, 0.4) is 0 Å². The van der Waals surface area contributed by atoms with Crippen LogP contribution in [0, 0.1) is 22.7 Å². The lowest BCUT2D eigenvalue weighted by molar-refractivity contribution is 0.660. The van der Waals surface area contributed by atoms with Crippen molar-refractivity contribution >= 4 is 7.85 Å². The quantitative estimate of drug-likeness (QED) is 0.757. The maximum Gasteiger partial charge on any atom is 0.0766 e. The van der Waals surface area contributed by atoms with Crippen molar-refractivity contribution < 1.29 is 0 Å². The van der Waals surface area contributed by atoms with Crippen LogP contribution in [-0.4, -0.2) is 7.85 Å². The van der Waals surface area contributed by atoms with Crippen LogP contribution in [-0.2, 0) is 17.2 Å². The van der Waals surface area contributed by atoms with Crippen LogP contribution >= 0.6 is 0 Å². The first-order valence-corrected chi connectivity index (χ1v) is 5.94. The molecule has 2 nitrogen and oxygen atoms in total. The molecular formula is C15H17BN2. The van der Waals surface area contributed by atoms with Crippen molar-refractivity contribution in [2.75, 3.05) is 0 Å². The van der Waals surface area contributed by atoms with E-state index in [1.165, 1.54) is 0 Å².